The highest BCUT2D eigenvalue weighted by molar-refractivity contribution is 7.86. The molecule has 1 aromatic carbocycles. The van der Waals surface area contributed by atoms with Gasteiger partial charge in [0.15, 0.2) is 0 Å². The third kappa shape index (κ3) is 1.99. The maximum atomic E-state index is 11.2. The SMILES string of the molecule is COS(=O)(=O)c1ccc(N)c(C)c1. The Balaban J connectivity index is 3.27. The standard InChI is InChI=1S/C8H11NO3S/c1-6-5-7(3-4-8(6)9)13(10,11)12-2/h3-5H,9H2,1-2H3. The van der Waals surface area contributed by atoms with Gasteiger partial charge in [0, 0.05) is 5.69 Å². The average Bonchev–Trinajstić information content (AvgIpc) is 2.09. The second-order valence-corrected chi connectivity index (χ2v) is 4.35. The number of aryl methyl sites for hydroxylation is 1. The minimum atomic E-state index is -3.59. The maximum Gasteiger partial charge on any atom is 0.296 e. The molecule has 0 heterocycles. The number of benzene rings is 1. The lowest BCUT2D eigenvalue weighted by Gasteiger charge is -2.04. The Hall–Kier alpha value is -1.07. The molecule has 0 aliphatic rings. The lowest BCUT2D eigenvalue weighted by molar-refractivity contribution is 0.397. The largest absolute Gasteiger partial charge is 0.399 e. The minimum Gasteiger partial charge on any atom is -0.399 e. The molecule has 0 radical (unpaired) electrons. The highest BCUT2D eigenvalue weighted by atomic mass is 32.2. The zero-order chi connectivity index (χ0) is 10.1. The van der Waals surface area contributed by atoms with E-state index in [1.54, 1.807) is 13.0 Å². The number of rotatable bonds is 2. The van der Waals surface area contributed by atoms with Crippen molar-refractivity contribution >= 4 is 15.8 Å². The second kappa shape index (κ2) is 3.35. The summed E-state index contributed by atoms with van der Waals surface area (Å²) in [6.45, 7) is 1.74. The molecule has 0 amide bonds. The molecule has 0 bridgehead atoms. The van der Waals surface area contributed by atoms with Crippen molar-refractivity contribution in [3.05, 3.63) is 23.8 Å². The van der Waals surface area contributed by atoms with Gasteiger partial charge in [0.2, 0.25) is 0 Å². The molecule has 0 aliphatic carbocycles. The number of hydrogen-bond acceptors (Lipinski definition) is 4. The van der Waals surface area contributed by atoms with Gasteiger partial charge in [-0.05, 0) is 30.7 Å². The Morgan fingerprint density at radius 3 is 2.46 bits per heavy atom. The lowest BCUT2D eigenvalue weighted by atomic mass is 10.2. The van der Waals surface area contributed by atoms with Crippen LogP contribution in [0, 0.1) is 6.92 Å². The molecule has 4 nitrogen and oxygen atoms in total. The molecule has 0 aliphatic heterocycles. The van der Waals surface area contributed by atoms with E-state index in [4.69, 9.17) is 5.73 Å². The van der Waals surface area contributed by atoms with E-state index in [2.05, 4.69) is 4.18 Å². The lowest BCUT2D eigenvalue weighted by Crippen LogP contribution is -2.03. The van der Waals surface area contributed by atoms with Gasteiger partial charge in [0.05, 0.1) is 12.0 Å². The number of nitrogen functional groups attached to an aromatic ring is 1. The monoisotopic (exact) mass is 201 g/mol. The minimum absolute atomic E-state index is 0.127. The van der Waals surface area contributed by atoms with Crippen molar-refractivity contribution < 1.29 is 12.6 Å². The molecule has 1 aromatic rings. The summed E-state index contributed by atoms with van der Waals surface area (Å²) in [5, 5.41) is 0. The van der Waals surface area contributed by atoms with Crippen LogP contribution in [0.5, 0.6) is 0 Å². The molecular weight excluding hydrogens is 190 g/mol. The van der Waals surface area contributed by atoms with Crippen molar-refractivity contribution in [3.63, 3.8) is 0 Å². The van der Waals surface area contributed by atoms with Gasteiger partial charge < -0.3 is 5.73 Å². The molecule has 0 atom stereocenters. The van der Waals surface area contributed by atoms with Gasteiger partial charge in [0.1, 0.15) is 0 Å². The fourth-order valence-electron chi connectivity index (χ4n) is 0.900. The van der Waals surface area contributed by atoms with Crippen LogP contribution in [-0.4, -0.2) is 15.5 Å². The normalized spacial score (nSPS) is 11.5. The first-order valence-corrected chi connectivity index (χ1v) is 5.05. The van der Waals surface area contributed by atoms with Gasteiger partial charge in [-0.2, -0.15) is 8.42 Å². The summed E-state index contributed by atoms with van der Waals surface area (Å²) in [6, 6.07) is 4.44. The first-order chi connectivity index (χ1) is 5.97. The molecule has 0 saturated carbocycles. The fourth-order valence-corrected chi connectivity index (χ4v) is 1.65. The van der Waals surface area contributed by atoms with Crippen molar-refractivity contribution in [2.75, 3.05) is 12.8 Å². The van der Waals surface area contributed by atoms with Crippen molar-refractivity contribution in [2.45, 2.75) is 11.8 Å². The third-order valence-electron chi connectivity index (χ3n) is 1.75. The van der Waals surface area contributed by atoms with Gasteiger partial charge in [0.25, 0.3) is 10.1 Å². The summed E-state index contributed by atoms with van der Waals surface area (Å²) in [5.41, 5.74) is 6.82. The Bertz CT molecular complexity index is 411. The van der Waals surface area contributed by atoms with Crippen LogP contribution in [0.2, 0.25) is 0 Å². The van der Waals surface area contributed by atoms with E-state index in [0.29, 0.717) is 5.69 Å². The molecule has 72 valence electrons. The van der Waals surface area contributed by atoms with Crippen molar-refractivity contribution in [2.24, 2.45) is 0 Å². The van der Waals surface area contributed by atoms with Crippen LogP contribution in [0.3, 0.4) is 0 Å². The fraction of sp³-hybridized carbons (Fsp3) is 0.250. The van der Waals surface area contributed by atoms with Crippen molar-refractivity contribution in [1.29, 1.82) is 0 Å². The van der Waals surface area contributed by atoms with E-state index in [0.717, 1.165) is 12.7 Å². The first kappa shape index (κ1) is 10.0. The van der Waals surface area contributed by atoms with E-state index in [1.807, 2.05) is 0 Å². The maximum absolute atomic E-state index is 11.2. The van der Waals surface area contributed by atoms with E-state index >= 15 is 0 Å². The highest BCUT2D eigenvalue weighted by Crippen LogP contribution is 2.17. The number of nitrogens with two attached hydrogens (primary N) is 1. The van der Waals surface area contributed by atoms with Gasteiger partial charge >= 0.3 is 0 Å². The Morgan fingerprint density at radius 1 is 1.38 bits per heavy atom. The van der Waals surface area contributed by atoms with Crippen molar-refractivity contribution in [1.82, 2.24) is 0 Å². The van der Waals surface area contributed by atoms with E-state index < -0.39 is 10.1 Å². The molecule has 2 N–H and O–H groups in total. The van der Waals surface area contributed by atoms with Crippen molar-refractivity contribution in [3.8, 4) is 0 Å². The van der Waals surface area contributed by atoms with Crippen LogP contribution in [0.25, 0.3) is 0 Å². The smallest absolute Gasteiger partial charge is 0.296 e. The molecule has 1 rings (SSSR count). The molecule has 0 aromatic heterocycles. The predicted molar refractivity (Wildman–Crippen MR) is 49.8 cm³/mol. The highest BCUT2D eigenvalue weighted by Gasteiger charge is 2.12. The van der Waals surface area contributed by atoms with E-state index in [9.17, 15) is 8.42 Å². The molecular formula is C8H11NO3S. The van der Waals surface area contributed by atoms with Gasteiger partial charge in [-0.3, -0.25) is 4.18 Å². The molecule has 0 saturated heterocycles. The Kier molecular flexibility index (Phi) is 2.58. The van der Waals surface area contributed by atoms with Crippen LogP contribution >= 0.6 is 0 Å². The molecule has 0 fully saturated rings. The second-order valence-electron chi connectivity index (χ2n) is 2.64. The summed E-state index contributed by atoms with van der Waals surface area (Å²) >= 11 is 0. The third-order valence-corrected chi connectivity index (χ3v) is 3.02. The average molecular weight is 201 g/mol. The van der Waals surface area contributed by atoms with Crippen LogP contribution in [0.4, 0.5) is 5.69 Å². The number of hydrogen-bond donors (Lipinski definition) is 1. The van der Waals surface area contributed by atoms with Crippen LogP contribution in [-0.2, 0) is 14.3 Å². The Morgan fingerprint density at radius 2 is 2.00 bits per heavy atom. The first-order valence-electron chi connectivity index (χ1n) is 3.64. The summed E-state index contributed by atoms with van der Waals surface area (Å²) < 4.78 is 26.8. The van der Waals surface area contributed by atoms with E-state index in [-0.39, 0.29) is 4.90 Å². The zero-order valence-electron chi connectivity index (χ0n) is 7.44. The zero-order valence-corrected chi connectivity index (χ0v) is 8.26. The number of anilines is 1. The van der Waals surface area contributed by atoms with Gasteiger partial charge in [-0.1, -0.05) is 0 Å². The molecule has 13 heavy (non-hydrogen) atoms. The van der Waals surface area contributed by atoms with Gasteiger partial charge in [-0.25, -0.2) is 0 Å². The Labute approximate surface area is 77.4 Å². The predicted octanol–water partition coefficient (Wildman–Crippen LogP) is 0.912. The van der Waals surface area contributed by atoms with Crippen LogP contribution < -0.4 is 5.73 Å². The topological polar surface area (TPSA) is 69.4 Å². The molecule has 0 spiro atoms. The van der Waals surface area contributed by atoms with Crippen LogP contribution in [0.1, 0.15) is 5.56 Å². The summed E-state index contributed by atoms with van der Waals surface area (Å²) in [7, 11) is -2.47. The summed E-state index contributed by atoms with van der Waals surface area (Å²) in [4.78, 5) is 0.127. The quantitative estimate of drug-likeness (QED) is 0.570. The van der Waals surface area contributed by atoms with Crippen LogP contribution in [0.15, 0.2) is 23.1 Å². The molecule has 5 heteroatoms. The van der Waals surface area contributed by atoms with E-state index in [1.165, 1.54) is 12.1 Å². The summed E-state index contributed by atoms with van der Waals surface area (Å²) in [6.07, 6.45) is 0. The van der Waals surface area contributed by atoms with Gasteiger partial charge in [-0.15, -0.1) is 0 Å². The summed E-state index contributed by atoms with van der Waals surface area (Å²) in [5.74, 6) is 0. The molecule has 0 unspecified atom stereocenters.